The average Bonchev–Trinajstić information content (AvgIpc) is 2.18. The van der Waals surface area contributed by atoms with Gasteiger partial charge in [0.15, 0.2) is 0 Å². The molecule has 74 valence electrons. The number of sulfone groups is 1. The second-order valence-corrected chi connectivity index (χ2v) is 4.39. The molecule has 14 heavy (non-hydrogen) atoms. The van der Waals surface area contributed by atoms with Crippen molar-refractivity contribution < 1.29 is 13.2 Å². The molecular weight excluding hydrogens is 202 g/mol. The van der Waals surface area contributed by atoms with Crippen LogP contribution in [0.5, 0.6) is 0 Å². The number of nitrogens with two attached hydrogens (primary N) is 1. The van der Waals surface area contributed by atoms with E-state index in [1.807, 2.05) is 0 Å². The summed E-state index contributed by atoms with van der Waals surface area (Å²) in [5, 5.41) is 0. The maximum absolute atomic E-state index is 11.4. The smallest absolute Gasteiger partial charge is 0.361 e. The molecule has 2 N–H and O–H groups in total. The minimum absolute atomic E-state index is 0.0678. The summed E-state index contributed by atoms with van der Waals surface area (Å²) in [7, 11) is -3.64. The molecule has 0 fully saturated rings. The van der Waals surface area contributed by atoms with Crippen LogP contribution in [0.25, 0.3) is 5.53 Å². The van der Waals surface area contributed by atoms with Gasteiger partial charge >= 0.3 is 5.55 Å². The first-order valence-corrected chi connectivity index (χ1v) is 5.36. The van der Waals surface area contributed by atoms with Gasteiger partial charge in [-0.15, -0.1) is 0 Å². The summed E-state index contributed by atoms with van der Waals surface area (Å²) in [5.41, 5.74) is 14.7. The molecule has 0 bridgehead atoms. The van der Waals surface area contributed by atoms with E-state index in [0.717, 1.165) is 0 Å². The standard InChI is InChI=1S/C8H9N3O2S/c9-5-7-2-1-3-8(4-7)14(12,13)6-11-10/h1-4,6H,5,9H2. The van der Waals surface area contributed by atoms with Gasteiger partial charge in [0.25, 0.3) is 9.84 Å². The third kappa shape index (κ3) is 2.26. The minimum atomic E-state index is -3.64. The molecule has 0 aliphatic heterocycles. The second kappa shape index (κ2) is 4.15. The Labute approximate surface area is 81.7 Å². The molecule has 1 aromatic carbocycles. The Kier molecular flexibility index (Phi) is 3.14. The van der Waals surface area contributed by atoms with Gasteiger partial charge in [0, 0.05) is 6.54 Å². The van der Waals surface area contributed by atoms with Crippen LogP contribution in [0.1, 0.15) is 5.56 Å². The predicted octanol–water partition coefficient (Wildman–Crippen LogP) is 0.177. The Bertz CT molecular complexity index is 475. The summed E-state index contributed by atoms with van der Waals surface area (Å²) in [4.78, 5) is 2.56. The quantitative estimate of drug-likeness (QED) is 0.334. The highest BCUT2D eigenvalue weighted by Crippen LogP contribution is 2.10. The number of hydrogen-bond donors (Lipinski definition) is 1. The highest BCUT2D eigenvalue weighted by atomic mass is 32.2. The van der Waals surface area contributed by atoms with Crippen LogP contribution in [0.3, 0.4) is 0 Å². The Morgan fingerprint density at radius 1 is 1.50 bits per heavy atom. The third-order valence-electron chi connectivity index (χ3n) is 1.65. The molecule has 1 aromatic rings. The van der Waals surface area contributed by atoms with Crippen LogP contribution < -0.4 is 5.73 Å². The topological polar surface area (TPSA) is 96.6 Å². The lowest BCUT2D eigenvalue weighted by Crippen LogP contribution is -2.04. The van der Waals surface area contributed by atoms with Gasteiger partial charge in [-0.3, -0.25) is 0 Å². The molecule has 1 rings (SSSR count). The molecule has 0 aliphatic rings. The second-order valence-electron chi connectivity index (χ2n) is 2.62. The number of rotatable bonds is 3. The van der Waals surface area contributed by atoms with Crippen LogP contribution in [0.15, 0.2) is 29.2 Å². The zero-order valence-corrected chi connectivity index (χ0v) is 8.11. The summed E-state index contributed by atoms with van der Waals surface area (Å²) in [5.74, 6) is 0. The van der Waals surface area contributed by atoms with Gasteiger partial charge in [0.1, 0.15) is 0 Å². The van der Waals surface area contributed by atoms with Gasteiger partial charge < -0.3 is 11.3 Å². The van der Waals surface area contributed by atoms with Crippen molar-refractivity contribution in [2.24, 2.45) is 5.73 Å². The maximum atomic E-state index is 11.4. The number of benzene rings is 1. The van der Waals surface area contributed by atoms with Crippen molar-refractivity contribution >= 4 is 15.4 Å². The fourth-order valence-electron chi connectivity index (χ4n) is 0.972. The first-order chi connectivity index (χ1) is 6.60. The first kappa shape index (κ1) is 10.6. The van der Waals surface area contributed by atoms with Crippen molar-refractivity contribution in [1.29, 1.82) is 0 Å². The fourth-order valence-corrected chi connectivity index (χ4v) is 1.80. The first-order valence-electron chi connectivity index (χ1n) is 3.81. The molecule has 0 atom stereocenters. The van der Waals surface area contributed by atoms with Crippen LogP contribution >= 0.6 is 0 Å². The molecule has 0 spiro atoms. The van der Waals surface area contributed by atoms with Gasteiger partial charge in [0.05, 0.1) is 4.90 Å². The van der Waals surface area contributed by atoms with Crippen LogP contribution in [-0.4, -0.2) is 18.8 Å². The van der Waals surface area contributed by atoms with E-state index in [1.165, 1.54) is 12.1 Å². The minimum Gasteiger partial charge on any atom is -0.361 e. The van der Waals surface area contributed by atoms with Crippen molar-refractivity contribution in [2.75, 3.05) is 0 Å². The van der Waals surface area contributed by atoms with E-state index in [-0.39, 0.29) is 11.4 Å². The Morgan fingerprint density at radius 3 is 2.79 bits per heavy atom. The van der Waals surface area contributed by atoms with Gasteiger partial charge in [-0.25, -0.2) is 8.42 Å². The maximum Gasteiger partial charge on any atom is 0.374 e. The average molecular weight is 211 g/mol. The monoisotopic (exact) mass is 211 g/mol. The molecule has 5 nitrogen and oxygen atoms in total. The highest BCUT2D eigenvalue weighted by Gasteiger charge is 2.15. The van der Waals surface area contributed by atoms with Crippen LogP contribution in [0.4, 0.5) is 0 Å². The van der Waals surface area contributed by atoms with Crippen LogP contribution in [0.2, 0.25) is 0 Å². The van der Waals surface area contributed by atoms with E-state index in [4.69, 9.17) is 11.3 Å². The SMILES string of the molecule is [N-]=[N+]=CS(=O)(=O)c1cccc(CN)c1. The van der Waals surface area contributed by atoms with Gasteiger partial charge in [-0.05, 0) is 17.7 Å². The van der Waals surface area contributed by atoms with Crippen LogP contribution in [0, 0.1) is 0 Å². The van der Waals surface area contributed by atoms with E-state index in [1.54, 1.807) is 12.1 Å². The molecule has 0 aromatic heterocycles. The van der Waals surface area contributed by atoms with Crippen molar-refractivity contribution in [2.45, 2.75) is 11.4 Å². The summed E-state index contributed by atoms with van der Waals surface area (Å²) in [6, 6.07) is 6.16. The molecule has 0 aliphatic carbocycles. The molecule has 6 heteroatoms. The number of hydrogen-bond acceptors (Lipinski definition) is 3. The van der Waals surface area contributed by atoms with Gasteiger partial charge in [0.2, 0.25) is 0 Å². The molecule has 0 amide bonds. The Morgan fingerprint density at radius 2 is 2.21 bits per heavy atom. The van der Waals surface area contributed by atoms with Crippen molar-refractivity contribution in [3.63, 3.8) is 0 Å². The molecular formula is C8H9N3O2S. The van der Waals surface area contributed by atoms with Crippen LogP contribution in [-0.2, 0) is 16.4 Å². The van der Waals surface area contributed by atoms with E-state index in [2.05, 4.69) is 4.79 Å². The Hall–Kier alpha value is -1.49. The van der Waals surface area contributed by atoms with E-state index in [0.29, 0.717) is 11.1 Å². The lowest BCUT2D eigenvalue weighted by Gasteiger charge is -1.98. The van der Waals surface area contributed by atoms with E-state index in [9.17, 15) is 8.42 Å². The lowest BCUT2D eigenvalue weighted by molar-refractivity contribution is 0.00754. The van der Waals surface area contributed by atoms with E-state index >= 15 is 0 Å². The highest BCUT2D eigenvalue weighted by molar-refractivity contribution is 8.04. The summed E-state index contributed by atoms with van der Waals surface area (Å²) < 4.78 is 22.7. The number of nitrogens with zero attached hydrogens (tertiary/aromatic N) is 2. The molecule has 0 saturated heterocycles. The fraction of sp³-hybridized carbons (Fsp3) is 0.125. The lowest BCUT2D eigenvalue weighted by atomic mass is 10.2. The van der Waals surface area contributed by atoms with Gasteiger partial charge in [-0.1, -0.05) is 12.1 Å². The zero-order valence-electron chi connectivity index (χ0n) is 7.29. The molecule has 0 unspecified atom stereocenters. The molecule has 0 heterocycles. The van der Waals surface area contributed by atoms with Crippen molar-refractivity contribution in [3.8, 4) is 0 Å². The predicted molar refractivity (Wildman–Crippen MR) is 51.2 cm³/mol. The van der Waals surface area contributed by atoms with Crippen molar-refractivity contribution in [1.82, 2.24) is 0 Å². The van der Waals surface area contributed by atoms with Crippen molar-refractivity contribution in [3.05, 3.63) is 35.4 Å². The molecule has 0 radical (unpaired) electrons. The Balaban J connectivity index is 3.26. The van der Waals surface area contributed by atoms with Gasteiger partial charge in [-0.2, -0.15) is 4.79 Å². The summed E-state index contributed by atoms with van der Waals surface area (Å²) in [6.45, 7) is 0.264. The largest absolute Gasteiger partial charge is 0.374 e. The molecule has 0 saturated carbocycles. The zero-order chi connectivity index (χ0) is 10.6. The summed E-state index contributed by atoms with van der Waals surface area (Å²) in [6.07, 6.45) is 0. The van der Waals surface area contributed by atoms with E-state index < -0.39 is 9.84 Å². The normalized spacial score (nSPS) is 10.6. The third-order valence-corrected chi connectivity index (χ3v) is 2.93. The summed E-state index contributed by atoms with van der Waals surface area (Å²) >= 11 is 0.